The Bertz CT molecular complexity index is 848. The summed E-state index contributed by atoms with van der Waals surface area (Å²) in [5.41, 5.74) is 3.74. The summed E-state index contributed by atoms with van der Waals surface area (Å²) in [7, 11) is 1.64. The van der Waals surface area contributed by atoms with Gasteiger partial charge in [-0.2, -0.15) is 5.26 Å². The minimum atomic E-state index is -0.0901. The van der Waals surface area contributed by atoms with Crippen LogP contribution >= 0.6 is 11.3 Å². The summed E-state index contributed by atoms with van der Waals surface area (Å²) in [5, 5.41) is 13.2. The van der Waals surface area contributed by atoms with E-state index in [0.717, 1.165) is 41.7 Å². The molecule has 0 saturated carbocycles. The Morgan fingerprint density at radius 1 is 1.48 bits per heavy atom. The van der Waals surface area contributed by atoms with E-state index >= 15 is 0 Å². The number of nitrogens with one attached hydrogen (secondary N) is 1. The minimum absolute atomic E-state index is 0.0901. The zero-order valence-electron chi connectivity index (χ0n) is 14.8. The van der Waals surface area contributed by atoms with Gasteiger partial charge in [-0.25, -0.2) is 0 Å². The Hall–Kier alpha value is -2.32. The Kier molecular flexibility index (Phi) is 5.10. The first-order valence-electron chi connectivity index (χ1n) is 8.49. The highest BCUT2D eigenvalue weighted by atomic mass is 32.1. The largest absolute Gasteiger partial charge is 0.496 e. The average Bonchev–Trinajstić information content (AvgIpc) is 2.90. The molecule has 1 atom stereocenters. The number of hydrogen-bond donors (Lipinski definition) is 1. The van der Waals surface area contributed by atoms with Gasteiger partial charge in [-0.05, 0) is 54.9 Å². The molecule has 0 aliphatic heterocycles. The Morgan fingerprint density at radius 2 is 2.28 bits per heavy atom. The number of thiophene rings is 1. The average molecular weight is 354 g/mol. The first-order valence-corrected chi connectivity index (χ1v) is 9.31. The van der Waals surface area contributed by atoms with Crippen LogP contribution in [-0.4, -0.2) is 13.0 Å². The quantitative estimate of drug-likeness (QED) is 0.893. The molecule has 1 aromatic heterocycles. The van der Waals surface area contributed by atoms with E-state index in [1.54, 1.807) is 18.4 Å². The van der Waals surface area contributed by atoms with Gasteiger partial charge >= 0.3 is 0 Å². The summed E-state index contributed by atoms with van der Waals surface area (Å²) in [6.45, 7) is 4.20. The van der Waals surface area contributed by atoms with Gasteiger partial charge < -0.3 is 10.1 Å². The topological polar surface area (TPSA) is 62.1 Å². The van der Waals surface area contributed by atoms with Crippen LogP contribution in [0.25, 0.3) is 0 Å². The van der Waals surface area contributed by atoms with Gasteiger partial charge in [0.05, 0.1) is 19.1 Å². The predicted molar refractivity (Wildman–Crippen MR) is 100 cm³/mol. The molecule has 5 heteroatoms. The lowest BCUT2D eigenvalue weighted by atomic mass is 9.88. The number of anilines is 1. The standard InChI is InChI=1S/C20H22N2O2S/c1-12-4-6-15-16(11-21)20(25-18(15)8-12)22-19(23)10-14-5-7-17(24-3)13(2)9-14/h5,7,9,12H,4,6,8,10H2,1-3H3,(H,22,23). The molecule has 1 aliphatic carbocycles. The zero-order valence-corrected chi connectivity index (χ0v) is 15.6. The van der Waals surface area contributed by atoms with E-state index in [0.29, 0.717) is 16.5 Å². The highest BCUT2D eigenvalue weighted by molar-refractivity contribution is 7.16. The number of benzene rings is 1. The summed E-state index contributed by atoms with van der Waals surface area (Å²) in [6, 6.07) is 8.03. The van der Waals surface area contributed by atoms with E-state index < -0.39 is 0 Å². The van der Waals surface area contributed by atoms with Crippen molar-refractivity contribution in [1.82, 2.24) is 0 Å². The molecule has 1 aliphatic rings. The summed E-state index contributed by atoms with van der Waals surface area (Å²) >= 11 is 1.56. The van der Waals surface area contributed by atoms with E-state index in [4.69, 9.17) is 4.74 Å². The molecular weight excluding hydrogens is 332 g/mol. The number of carbonyl (C=O) groups is 1. The second kappa shape index (κ2) is 7.28. The summed E-state index contributed by atoms with van der Waals surface area (Å²) < 4.78 is 5.25. The Balaban J connectivity index is 1.75. The molecule has 1 heterocycles. The van der Waals surface area contributed by atoms with Gasteiger partial charge in [0.25, 0.3) is 0 Å². The maximum Gasteiger partial charge on any atom is 0.229 e. The van der Waals surface area contributed by atoms with Gasteiger partial charge in [-0.1, -0.05) is 19.1 Å². The molecule has 0 saturated heterocycles. The van der Waals surface area contributed by atoms with Crippen LogP contribution in [0.15, 0.2) is 18.2 Å². The minimum Gasteiger partial charge on any atom is -0.496 e. The van der Waals surface area contributed by atoms with Crippen LogP contribution in [0.5, 0.6) is 5.75 Å². The summed E-state index contributed by atoms with van der Waals surface area (Å²) in [5.74, 6) is 1.37. The third kappa shape index (κ3) is 3.69. The number of fused-ring (bicyclic) bond motifs is 1. The summed E-state index contributed by atoms with van der Waals surface area (Å²) in [4.78, 5) is 13.7. The van der Waals surface area contributed by atoms with Crippen molar-refractivity contribution in [3.8, 4) is 11.8 Å². The van der Waals surface area contributed by atoms with Gasteiger partial charge in [-0.3, -0.25) is 4.79 Å². The highest BCUT2D eigenvalue weighted by Gasteiger charge is 2.24. The molecule has 0 fully saturated rings. The molecule has 130 valence electrons. The normalized spacial score (nSPS) is 16.0. The molecule has 1 N–H and O–H groups in total. The van der Waals surface area contributed by atoms with Crippen molar-refractivity contribution in [2.45, 2.75) is 39.5 Å². The van der Waals surface area contributed by atoms with E-state index in [9.17, 15) is 10.1 Å². The number of nitriles is 1. The van der Waals surface area contributed by atoms with E-state index in [-0.39, 0.29) is 12.3 Å². The van der Waals surface area contributed by atoms with Crippen LogP contribution in [0.1, 0.15) is 40.5 Å². The Morgan fingerprint density at radius 3 is 2.96 bits per heavy atom. The molecule has 3 rings (SSSR count). The molecule has 0 bridgehead atoms. The number of methoxy groups -OCH3 is 1. The number of nitrogens with zero attached hydrogens (tertiary/aromatic N) is 1. The highest BCUT2D eigenvalue weighted by Crippen LogP contribution is 2.39. The van der Waals surface area contributed by atoms with Crippen molar-refractivity contribution in [1.29, 1.82) is 5.26 Å². The second-order valence-corrected chi connectivity index (χ2v) is 7.80. The van der Waals surface area contributed by atoms with Crippen LogP contribution in [0.2, 0.25) is 0 Å². The lowest BCUT2D eigenvalue weighted by Crippen LogP contribution is -2.14. The third-order valence-electron chi connectivity index (χ3n) is 4.70. The van der Waals surface area contributed by atoms with Gasteiger partial charge in [-0.15, -0.1) is 11.3 Å². The maximum absolute atomic E-state index is 12.4. The number of carbonyl (C=O) groups excluding carboxylic acids is 1. The van der Waals surface area contributed by atoms with E-state index in [1.807, 2.05) is 25.1 Å². The van der Waals surface area contributed by atoms with Crippen LogP contribution in [0.4, 0.5) is 5.00 Å². The lowest BCUT2D eigenvalue weighted by molar-refractivity contribution is -0.115. The first-order chi connectivity index (χ1) is 12.0. The van der Waals surface area contributed by atoms with E-state index in [2.05, 4.69) is 18.3 Å². The third-order valence-corrected chi connectivity index (χ3v) is 5.87. The van der Waals surface area contributed by atoms with Crippen LogP contribution in [0.3, 0.4) is 0 Å². The van der Waals surface area contributed by atoms with Crippen molar-refractivity contribution >= 4 is 22.2 Å². The van der Waals surface area contributed by atoms with Crippen molar-refractivity contribution in [2.24, 2.45) is 5.92 Å². The van der Waals surface area contributed by atoms with Gasteiger partial charge in [0.15, 0.2) is 0 Å². The Labute approximate surface area is 152 Å². The van der Waals surface area contributed by atoms with Crippen molar-refractivity contribution in [2.75, 3.05) is 12.4 Å². The van der Waals surface area contributed by atoms with Crippen molar-refractivity contribution in [3.05, 3.63) is 45.3 Å². The molecule has 2 aromatic rings. The lowest BCUT2D eigenvalue weighted by Gasteiger charge is -2.17. The molecule has 4 nitrogen and oxygen atoms in total. The molecule has 0 radical (unpaired) electrons. The van der Waals surface area contributed by atoms with Crippen LogP contribution in [-0.2, 0) is 24.1 Å². The number of rotatable bonds is 4. The van der Waals surface area contributed by atoms with Crippen molar-refractivity contribution in [3.63, 3.8) is 0 Å². The van der Waals surface area contributed by atoms with Crippen LogP contribution in [0, 0.1) is 24.2 Å². The fourth-order valence-electron chi connectivity index (χ4n) is 3.36. The molecule has 1 unspecified atom stereocenters. The molecule has 1 aromatic carbocycles. The fourth-order valence-corrected chi connectivity index (χ4v) is 4.74. The number of ether oxygens (including phenoxy) is 1. The maximum atomic E-state index is 12.4. The first kappa shape index (κ1) is 17.5. The zero-order chi connectivity index (χ0) is 18.0. The predicted octanol–water partition coefficient (Wildman–Crippen LogP) is 4.24. The van der Waals surface area contributed by atoms with Crippen molar-refractivity contribution < 1.29 is 9.53 Å². The smallest absolute Gasteiger partial charge is 0.229 e. The van der Waals surface area contributed by atoms with Gasteiger partial charge in [0, 0.05) is 4.88 Å². The summed E-state index contributed by atoms with van der Waals surface area (Å²) in [6.07, 6.45) is 3.33. The molecule has 25 heavy (non-hydrogen) atoms. The van der Waals surface area contributed by atoms with E-state index in [1.165, 1.54) is 4.88 Å². The van der Waals surface area contributed by atoms with Gasteiger partial charge in [0.1, 0.15) is 16.8 Å². The van der Waals surface area contributed by atoms with Gasteiger partial charge in [0.2, 0.25) is 5.91 Å². The monoisotopic (exact) mass is 354 g/mol. The fraction of sp³-hybridized carbons (Fsp3) is 0.400. The molecular formula is C20H22N2O2S. The van der Waals surface area contributed by atoms with Crippen LogP contribution < -0.4 is 10.1 Å². The second-order valence-electron chi connectivity index (χ2n) is 6.70. The number of aryl methyl sites for hydroxylation is 1. The number of hydrogen-bond acceptors (Lipinski definition) is 4. The molecule has 1 amide bonds. The number of amides is 1. The SMILES string of the molecule is COc1ccc(CC(=O)Nc2sc3c(c2C#N)CCC(C)C3)cc1C. The molecule has 0 spiro atoms.